The maximum absolute atomic E-state index is 12.1. The van der Waals surface area contributed by atoms with Crippen molar-refractivity contribution in [3.05, 3.63) is 28.6 Å². The van der Waals surface area contributed by atoms with Gasteiger partial charge in [0.05, 0.1) is 18.7 Å². The molecular formula is C17H19N7O2S. The van der Waals surface area contributed by atoms with Crippen LogP contribution in [0.2, 0.25) is 0 Å². The Hall–Kier alpha value is -2.59. The monoisotopic (exact) mass is 385 g/mol. The van der Waals surface area contributed by atoms with Crippen molar-refractivity contribution in [2.45, 2.75) is 30.8 Å². The van der Waals surface area contributed by atoms with Gasteiger partial charge >= 0.3 is 0 Å². The summed E-state index contributed by atoms with van der Waals surface area (Å²) in [6.07, 6.45) is 7.09. The Morgan fingerprint density at radius 2 is 2.15 bits per heavy atom. The topological polar surface area (TPSA) is 105 Å². The Kier molecular flexibility index (Phi) is 4.21. The molecule has 10 heteroatoms. The van der Waals surface area contributed by atoms with Crippen LogP contribution in [0.4, 0.5) is 11.5 Å². The molecule has 0 bridgehead atoms. The van der Waals surface area contributed by atoms with Crippen LogP contribution >= 0.6 is 11.3 Å². The molecule has 0 saturated carbocycles. The number of carbonyl (C=O) groups is 1. The minimum Gasteiger partial charge on any atom is -0.381 e. The highest BCUT2D eigenvalue weighted by Crippen LogP contribution is 2.36. The number of amides is 1. The van der Waals surface area contributed by atoms with Gasteiger partial charge in [-0.2, -0.15) is 5.10 Å². The Morgan fingerprint density at radius 1 is 1.26 bits per heavy atom. The highest BCUT2D eigenvalue weighted by atomic mass is 32.1. The molecule has 2 unspecified atom stereocenters. The van der Waals surface area contributed by atoms with Gasteiger partial charge in [-0.25, -0.2) is 15.0 Å². The van der Waals surface area contributed by atoms with Crippen molar-refractivity contribution >= 4 is 35.0 Å². The van der Waals surface area contributed by atoms with Crippen molar-refractivity contribution in [2.75, 3.05) is 30.0 Å². The average Bonchev–Trinajstić information content (AvgIpc) is 3.39. The van der Waals surface area contributed by atoms with Gasteiger partial charge in [0, 0.05) is 37.0 Å². The van der Waals surface area contributed by atoms with Gasteiger partial charge < -0.3 is 15.0 Å². The summed E-state index contributed by atoms with van der Waals surface area (Å²) in [6, 6.07) is 0.175. The molecular weight excluding hydrogens is 366 g/mol. The van der Waals surface area contributed by atoms with Gasteiger partial charge in [0.1, 0.15) is 22.6 Å². The molecule has 1 fully saturated rings. The van der Waals surface area contributed by atoms with E-state index in [0.717, 1.165) is 23.7 Å². The maximum Gasteiger partial charge on any atom is 0.244 e. The van der Waals surface area contributed by atoms with E-state index in [1.54, 1.807) is 23.7 Å². The van der Waals surface area contributed by atoms with Gasteiger partial charge in [-0.05, 0) is 12.8 Å². The highest BCUT2D eigenvalue weighted by molar-refractivity contribution is 7.09. The van der Waals surface area contributed by atoms with E-state index in [9.17, 15) is 4.79 Å². The molecule has 140 valence electrons. The number of rotatable bonds is 3. The third-order valence-electron chi connectivity index (χ3n) is 5.10. The van der Waals surface area contributed by atoms with Crippen LogP contribution in [0.5, 0.6) is 0 Å². The van der Waals surface area contributed by atoms with Gasteiger partial charge in [-0.15, -0.1) is 11.3 Å². The molecule has 3 aliphatic rings. The van der Waals surface area contributed by atoms with Crippen LogP contribution in [0.25, 0.3) is 0 Å². The van der Waals surface area contributed by atoms with Crippen LogP contribution in [0.1, 0.15) is 35.6 Å². The molecule has 9 nitrogen and oxygen atoms in total. The second-order valence-electron chi connectivity index (χ2n) is 6.77. The zero-order chi connectivity index (χ0) is 18.2. The van der Waals surface area contributed by atoms with Crippen LogP contribution in [0.3, 0.4) is 0 Å². The van der Waals surface area contributed by atoms with Crippen molar-refractivity contribution in [1.29, 1.82) is 0 Å². The summed E-state index contributed by atoms with van der Waals surface area (Å²) >= 11 is 1.58. The first-order chi connectivity index (χ1) is 13.3. The third kappa shape index (κ3) is 3.04. The number of aromatic nitrogens is 3. The Labute approximate surface area is 159 Å². The van der Waals surface area contributed by atoms with Crippen molar-refractivity contribution in [3.8, 4) is 0 Å². The summed E-state index contributed by atoms with van der Waals surface area (Å²) < 4.78 is 5.47. The Morgan fingerprint density at radius 3 is 2.96 bits per heavy atom. The number of hydrazone groups is 1. The molecule has 0 radical (unpaired) electrons. The van der Waals surface area contributed by atoms with Crippen molar-refractivity contribution in [1.82, 2.24) is 20.4 Å². The van der Waals surface area contributed by atoms with E-state index >= 15 is 0 Å². The van der Waals surface area contributed by atoms with Gasteiger partial charge in [0.25, 0.3) is 0 Å². The summed E-state index contributed by atoms with van der Waals surface area (Å²) in [5, 5.41) is 10.0. The van der Waals surface area contributed by atoms with Crippen molar-refractivity contribution in [3.63, 3.8) is 0 Å². The largest absolute Gasteiger partial charge is 0.381 e. The third-order valence-corrected chi connectivity index (χ3v) is 5.96. The first kappa shape index (κ1) is 16.6. The predicted molar refractivity (Wildman–Crippen MR) is 101 cm³/mol. The summed E-state index contributed by atoms with van der Waals surface area (Å²) in [7, 11) is 0. The van der Waals surface area contributed by atoms with E-state index < -0.39 is 0 Å². The van der Waals surface area contributed by atoms with Crippen LogP contribution in [0, 0.1) is 0 Å². The quantitative estimate of drug-likeness (QED) is 0.820. The van der Waals surface area contributed by atoms with E-state index in [0.29, 0.717) is 31.3 Å². The highest BCUT2D eigenvalue weighted by Gasteiger charge is 2.35. The number of anilines is 2. The first-order valence-electron chi connectivity index (χ1n) is 8.99. The maximum atomic E-state index is 12.1. The molecule has 2 aromatic heterocycles. The standard InChI is InChI=1S/C17H19N7O2S/c25-13-9-24(10-1-4-26-5-2-10)16-12(21-13)8-19-15(22-16)11-7-20-23-14(11)17-18-3-6-27-17/h3,6-8,10-11,14,23H,1-2,4-5,9H2,(H,21,25). The van der Waals surface area contributed by atoms with Gasteiger partial charge in [0.2, 0.25) is 5.91 Å². The number of thiazole rings is 1. The van der Waals surface area contributed by atoms with Crippen LogP contribution in [-0.4, -0.2) is 52.9 Å². The summed E-state index contributed by atoms with van der Waals surface area (Å²) in [4.78, 5) is 28.0. The molecule has 2 atom stereocenters. The van der Waals surface area contributed by atoms with Crippen LogP contribution < -0.4 is 15.6 Å². The number of fused-ring (bicyclic) bond motifs is 1. The molecule has 5 rings (SSSR count). The fraction of sp³-hybridized carbons (Fsp3) is 0.471. The summed E-state index contributed by atoms with van der Waals surface area (Å²) in [5.41, 5.74) is 3.77. The average molecular weight is 385 g/mol. The van der Waals surface area contributed by atoms with Gasteiger partial charge in [-0.1, -0.05) is 0 Å². The Bertz CT molecular complexity index is 866. The van der Waals surface area contributed by atoms with E-state index in [2.05, 4.69) is 30.7 Å². The van der Waals surface area contributed by atoms with E-state index in [-0.39, 0.29) is 23.9 Å². The minimum atomic E-state index is -0.101. The molecule has 2 aromatic rings. The molecule has 0 aromatic carbocycles. The second-order valence-corrected chi connectivity index (χ2v) is 7.69. The summed E-state index contributed by atoms with van der Waals surface area (Å²) in [5.74, 6) is 1.33. The molecule has 0 aliphatic carbocycles. The number of carbonyl (C=O) groups excluding carboxylic acids is 1. The molecule has 3 aliphatic heterocycles. The van der Waals surface area contributed by atoms with E-state index in [4.69, 9.17) is 9.72 Å². The number of nitrogens with one attached hydrogen (secondary N) is 2. The van der Waals surface area contributed by atoms with Crippen LogP contribution in [-0.2, 0) is 9.53 Å². The SMILES string of the molecule is O=C1CN(C2CCOCC2)c2nc(C3C=NNC3c3nccs3)ncc2N1. The molecule has 2 N–H and O–H groups in total. The Balaban J connectivity index is 1.49. The molecule has 0 spiro atoms. The number of hydrogen-bond acceptors (Lipinski definition) is 9. The molecule has 27 heavy (non-hydrogen) atoms. The second kappa shape index (κ2) is 6.86. The zero-order valence-electron chi connectivity index (χ0n) is 14.5. The van der Waals surface area contributed by atoms with Gasteiger partial charge in [0.15, 0.2) is 5.82 Å². The van der Waals surface area contributed by atoms with Gasteiger partial charge in [-0.3, -0.25) is 10.2 Å². The number of ether oxygens (including phenoxy) is 1. The first-order valence-corrected chi connectivity index (χ1v) is 9.87. The van der Waals surface area contributed by atoms with E-state index in [1.165, 1.54) is 0 Å². The fourth-order valence-electron chi connectivity index (χ4n) is 3.75. The van der Waals surface area contributed by atoms with E-state index in [1.807, 2.05) is 11.6 Å². The molecule has 1 amide bonds. The summed E-state index contributed by atoms with van der Waals surface area (Å²) in [6.45, 7) is 1.73. The minimum absolute atomic E-state index is 0.0323. The van der Waals surface area contributed by atoms with Crippen LogP contribution in [0.15, 0.2) is 22.9 Å². The van der Waals surface area contributed by atoms with Crippen molar-refractivity contribution < 1.29 is 9.53 Å². The fourth-order valence-corrected chi connectivity index (χ4v) is 4.48. The molecule has 1 saturated heterocycles. The lowest BCUT2D eigenvalue weighted by Gasteiger charge is -2.38. The predicted octanol–water partition coefficient (Wildman–Crippen LogP) is 1.28. The number of hydrogen-bond donors (Lipinski definition) is 2. The smallest absolute Gasteiger partial charge is 0.244 e. The lowest BCUT2D eigenvalue weighted by atomic mass is 10.0. The lowest BCUT2D eigenvalue weighted by molar-refractivity contribution is -0.115. The number of nitrogens with zero attached hydrogens (tertiary/aromatic N) is 5. The van der Waals surface area contributed by atoms with Crippen molar-refractivity contribution in [2.24, 2.45) is 5.10 Å². The zero-order valence-corrected chi connectivity index (χ0v) is 15.4. The normalized spacial score (nSPS) is 25.2. The molecule has 5 heterocycles. The lowest BCUT2D eigenvalue weighted by Crippen LogP contribution is -2.47.